The van der Waals surface area contributed by atoms with Crippen LogP contribution in [-0.2, 0) is 20.9 Å². The predicted octanol–water partition coefficient (Wildman–Crippen LogP) is 8.51. The third-order valence-electron chi connectivity index (χ3n) is 16.7. The molecule has 0 unspecified atom stereocenters. The second kappa shape index (κ2) is 14.0. The molecule has 56 heavy (non-hydrogen) atoms. The Hall–Kier alpha value is -3.76. The molecule has 3 aromatic rings. The van der Waals surface area contributed by atoms with Gasteiger partial charge in [0.25, 0.3) is 0 Å². The molecule has 11 atom stereocenters. The van der Waals surface area contributed by atoms with Crippen molar-refractivity contribution in [2.75, 3.05) is 27.4 Å². The first-order valence-electron chi connectivity index (χ1n) is 20.8. The summed E-state index contributed by atoms with van der Waals surface area (Å²) in [6.45, 7) is 17.8. The van der Waals surface area contributed by atoms with E-state index < -0.39 is 11.5 Å². The van der Waals surface area contributed by atoms with E-state index in [0.717, 1.165) is 49.0 Å². The van der Waals surface area contributed by atoms with Crippen LogP contribution in [-0.4, -0.2) is 64.4 Å². The number of carbonyl (C=O) groups is 1. The maximum absolute atomic E-state index is 14.9. The molecule has 302 valence electrons. The third kappa shape index (κ3) is 5.62. The molecule has 10 nitrogen and oxygen atoms in total. The molecule has 0 amide bonds. The van der Waals surface area contributed by atoms with E-state index in [-0.39, 0.29) is 58.0 Å². The van der Waals surface area contributed by atoms with E-state index in [1.807, 2.05) is 41.1 Å². The number of ether oxygens (including phenoxy) is 4. The molecule has 0 radical (unpaired) electrons. The number of fused-ring (bicyclic) bond motifs is 3. The molecular formula is C46H62N4O6. The summed E-state index contributed by atoms with van der Waals surface area (Å²) in [5, 5.41) is 17.2. The van der Waals surface area contributed by atoms with Crippen molar-refractivity contribution in [3.05, 3.63) is 66.1 Å². The minimum absolute atomic E-state index is 0.0752. The van der Waals surface area contributed by atoms with Gasteiger partial charge in [0, 0.05) is 28.7 Å². The molecule has 1 aliphatic heterocycles. The van der Waals surface area contributed by atoms with Crippen LogP contribution in [0.5, 0.6) is 11.6 Å². The fourth-order valence-corrected chi connectivity index (χ4v) is 13.1. The van der Waals surface area contributed by atoms with Crippen LogP contribution in [0.25, 0.3) is 11.4 Å². The number of allylic oxidation sites excluding steroid dienone is 1. The lowest BCUT2D eigenvalue weighted by atomic mass is 9.34. The number of methoxy groups -OCH3 is 2. The Morgan fingerprint density at radius 1 is 0.982 bits per heavy atom. The molecule has 2 bridgehead atoms. The van der Waals surface area contributed by atoms with Crippen LogP contribution in [0.3, 0.4) is 0 Å². The topological polar surface area (TPSA) is 118 Å². The van der Waals surface area contributed by atoms with Gasteiger partial charge in [-0.05, 0) is 102 Å². The van der Waals surface area contributed by atoms with Gasteiger partial charge >= 0.3 is 5.97 Å². The number of hydrogen-bond donors (Lipinski definition) is 1. The van der Waals surface area contributed by atoms with Crippen molar-refractivity contribution in [1.82, 2.24) is 19.7 Å². The van der Waals surface area contributed by atoms with Crippen molar-refractivity contribution in [3.63, 3.8) is 0 Å². The first-order valence-corrected chi connectivity index (χ1v) is 20.8. The lowest BCUT2D eigenvalue weighted by Gasteiger charge is -2.71. The van der Waals surface area contributed by atoms with E-state index >= 15 is 0 Å². The largest absolute Gasteiger partial charge is 0.497 e. The van der Waals surface area contributed by atoms with Gasteiger partial charge < -0.3 is 24.1 Å². The highest BCUT2D eigenvalue weighted by Crippen LogP contribution is 2.75. The Labute approximate surface area is 332 Å². The Bertz CT molecular complexity index is 1980. The molecule has 4 fully saturated rings. The second-order valence-corrected chi connectivity index (χ2v) is 19.3. The maximum Gasteiger partial charge on any atom is 0.310 e. The van der Waals surface area contributed by atoms with Gasteiger partial charge in [0.2, 0.25) is 5.88 Å². The number of pyridine rings is 1. The summed E-state index contributed by atoms with van der Waals surface area (Å²) >= 11 is 0. The number of aromatic nitrogens is 4. The number of rotatable bonds is 9. The van der Waals surface area contributed by atoms with Crippen LogP contribution in [0.2, 0.25) is 0 Å². The lowest BCUT2D eigenvalue weighted by molar-refractivity contribution is -0.241. The average molecular weight is 767 g/mol. The number of benzene rings is 1. The smallest absolute Gasteiger partial charge is 0.310 e. The van der Waals surface area contributed by atoms with Crippen LogP contribution in [0.15, 0.2) is 60.6 Å². The fraction of sp³-hybridized carbons (Fsp3) is 0.652. The maximum atomic E-state index is 14.9. The summed E-state index contributed by atoms with van der Waals surface area (Å²) in [5.41, 5.74) is 1.82. The van der Waals surface area contributed by atoms with Gasteiger partial charge in [-0.1, -0.05) is 72.2 Å². The average Bonchev–Trinajstić information content (AvgIpc) is 3.69. The zero-order valence-electron chi connectivity index (χ0n) is 34.9. The van der Waals surface area contributed by atoms with Crippen molar-refractivity contribution in [2.24, 2.45) is 56.7 Å². The summed E-state index contributed by atoms with van der Waals surface area (Å²) in [6, 6.07) is 11.3. The standard InChI is InChI=1S/C46H62N4O6/c1-28(2)29(3)42(4)19-20-44(6)33-14-15-36-43(5)25-55-26-46(36,23-35(39(43)51)50-40(48-27-49-50)31-17-21-47-37(22-31)54-9)34(33)16-18-45(44,7)38(42)41(52)56-24-30-10-12-32(53-8)13-11-30/h10-13,16-17,21-22,27-29,33,35-36,38-39,51H,14-15,18-20,23-26H2,1-9H3/t29-,33+,35-,36+,38-,39+,42-,43+,44-,45+,46+/m1/s1. The lowest BCUT2D eigenvalue weighted by Crippen LogP contribution is -2.68. The molecule has 3 saturated carbocycles. The SMILES string of the molecule is COc1ccc(COC(=O)[C@@H]2[C@@](C)([C@H](C)C(C)C)CC[C@]3(C)[C@H]4CC[C@@H]5[C@@]6(COC[C@]5(C)[C@@H](O)[C@H](n5ncnc5-c5ccnc(OC)c5)C6)C4=CC[C@@]23C)cc1. The van der Waals surface area contributed by atoms with Crippen molar-refractivity contribution < 1.29 is 28.8 Å². The van der Waals surface area contributed by atoms with E-state index in [0.29, 0.717) is 43.2 Å². The molecule has 10 heteroatoms. The molecule has 1 N–H and O–H groups in total. The van der Waals surface area contributed by atoms with Crippen molar-refractivity contribution >= 4 is 5.97 Å². The minimum Gasteiger partial charge on any atom is -0.497 e. The molecule has 3 heterocycles. The van der Waals surface area contributed by atoms with Crippen LogP contribution in [0.4, 0.5) is 0 Å². The summed E-state index contributed by atoms with van der Waals surface area (Å²) in [6.07, 6.45) is 10.7. The van der Waals surface area contributed by atoms with Gasteiger partial charge in [0.1, 0.15) is 18.7 Å². The highest BCUT2D eigenvalue weighted by atomic mass is 16.5. The highest BCUT2D eigenvalue weighted by molar-refractivity contribution is 5.75. The van der Waals surface area contributed by atoms with Gasteiger partial charge in [0.15, 0.2) is 5.82 Å². The first kappa shape index (κ1) is 39.1. The first-order chi connectivity index (χ1) is 26.7. The molecule has 8 rings (SSSR count). The van der Waals surface area contributed by atoms with Gasteiger partial charge in [-0.3, -0.25) is 4.79 Å². The van der Waals surface area contributed by atoms with E-state index in [4.69, 9.17) is 29.0 Å². The summed E-state index contributed by atoms with van der Waals surface area (Å²) < 4.78 is 25.8. The summed E-state index contributed by atoms with van der Waals surface area (Å²) in [7, 11) is 3.27. The number of aliphatic hydroxyl groups excluding tert-OH is 1. The predicted molar refractivity (Wildman–Crippen MR) is 214 cm³/mol. The molecule has 0 spiro atoms. The van der Waals surface area contributed by atoms with E-state index in [9.17, 15) is 9.90 Å². The van der Waals surface area contributed by atoms with Crippen LogP contribution in [0, 0.1) is 56.7 Å². The van der Waals surface area contributed by atoms with Crippen molar-refractivity contribution in [1.29, 1.82) is 0 Å². The molecular weight excluding hydrogens is 705 g/mol. The fourth-order valence-electron chi connectivity index (χ4n) is 13.1. The summed E-state index contributed by atoms with van der Waals surface area (Å²) in [5.74, 6) is 2.91. The zero-order chi connectivity index (χ0) is 39.8. The molecule has 4 aliphatic carbocycles. The van der Waals surface area contributed by atoms with E-state index in [1.165, 1.54) is 5.57 Å². The van der Waals surface area contributed by atoms with Crippen LogP contribution in [0.1, 0.15) is 98.6 Å². The quantitative estimate of drug-likeness (QED) is 0.169. The molecule has 5 aliphatic rings. The number of esters is 1. The summed E-state index contributed by atoms with van der Waals surface area (Å²) in [4.78, 5) is 23.9. The van der Waals surface area contributed by atoms with Crippen molar-refractivity contribution in [3.8, 4) is 23.0 Å². The Morgan fingerprint density at radius 3 is 2.46 bits per heavy atom. The van der Waals surface area contributed by atoms with Gasteiger partial charge in [-0.25, -0.2) is 14.6 Å². The van der Waals surface area contributed by atoms with Gasteiger partial charge in [0.05, 0.1) is 45.5 Å². The van der Waals surface area contributed by atoms with Gasteiger partial charge in [-0.2, -0.15) is 5.10 Å². The zero-order valence-corrected chi connectivity index (χ0v) is 34.9. The minimum atomic E-state index is -0.676. The number of nitrogens with zero attached hydrogens (tertiary/aromatic N) is 4. The molecule has 1 aromatic carbocycles. The Morgan fingerprint density at radius 2 is 1.75 bits per heavy atom. The van der Waals surface area contributed by atoms with E-state index in [1.54, 1.807) is 26.7 Å². The van der Waals surface area contributed by atoms with Crippen LogP contribution < -0.4 is 9.47 Å². The molecule has 1 saturated heterocycles. The number of aliphatic hydroxyl groups is 1. The van der Waals surface area contributed by atoms with Gasteiger partial charge in [-0.15, -0.1) is 0 Å². The normalized spacial score (nSPS) is 38.1. The third-order valence-corrected chi connectivity index (χ3v) is 16.7. The van der Waals surface area contributed by atoms with Crippen LogP contribution >= 0.6 is 0 Å². The number of carbonyl (C=O) groups excluding carboxylic acids is 1. The van der Waals surface area contributed by atoms with E-state index in [2.05, 4.69) is 59.5 Å². The Balaban J connectivity index is 1.18. The monoisotopic (exact) mass is 766 g/mol. The second-order valence-electron chi connectivity index (χ2n) is 19.3. The molecule has 2 aromatic heterocycles. The number of hydrogen-bond acceptors (Lipinski definition) is 9. The Kier molecular flexibility index (Phi) is 9.75. The highest BCUT2D eigenvalue weighted by Gasteiger charge is 2.72. The van der Waals surface area contributed by atoms with Crippen molar-refractivity contribution in [2.45, 2.75) is 106 Å².